The second kappa shape index (κ2) is 5.21. The van der Waals surface area contributed by atoms with Crippen LogP contribution in [0.25, 0.3) is 0 Å². The molecule has 0 bridgehead atoms. The highest BCUT2D eigenvalue weighted by Crippen LogP contribution is 2.27. The van der Waals surface area contributed by atoms with E-state index in [-0.39, 0.29) is 17.7 Å². The van der Waals surface area contributed by atoms with Gasteiger partial charge in [-0.3, -0.25) is 4.79 Å². The zero-order valence-corrected chi connectivity index (χ0v) is 11.9. The van der Waals surface area contributed by atoms with Crippen molar-refractivity contribution < 1.29 is 9.90 Å². The van der Waals surface area contributed by atoms with Crippen LogP contribution in [0.5, 0.6) is 0 Å². The van der Waals surface area contributed by atoms with Crippen molar-refractivity contribution in [2.45, 2.75) is 46.1 Å². The number of rotatable bonds is 3. The number of aliphatic hydroxyl groups excluding tert-OH is 1. The molecule has 0 radical (unpaired) electrons. The number of ketones is 1. The summed E-state index contributed by atoms with van der Waals surface area (Å²) >= 11 is 0. The van der Waals surface area contributed by atoms with Gasteiger partial charge in [0.05, 0.1) is 0 Å². The number of aliphatic hydroxyl groups is 1. The second-order valence-electron chi connectivity index (χ2n) is 5.85. The van der Waals surface area contributed by atoms with Crippen LogP contribution in [0.4, 0.5) is 0 Å². The van der Waals surface area contributed by atoms with Gasteiger partial charge in [-0.1, -0.05) is 32.9 Å². The number of aryl methyl sites for hydroxylation is 2. The molecule has 3 N–H and O–H groups in total. The summed E-state index contributed by atoms with van der Waals surface area (Å²) < 4.78 is 0. The normalized spacial score (nSPS) is 13.5. The van der Waals surface area contributed by atoms with Crippen molar-refractivity contribution in [3.63, 3.8) is 0 Å². The average molecular weight is 249 g/mol. The van der Waals surface area contributed by atoms with E-state index in [2.05, 4.69) is 20.8 Å². The third-order valence-corrected chi connectivity index (χ3v) is 3.17. The van der Waals surface area contributed by atoms with Crippen LogP contribution >= 0.6 is 0 Å². The summed E-state index contributed by atoms with van der Waals surface area (Å²) in [5.41, 5.74) is 8.97. The molecule has 0 spiro atoms. The molecule has 1 atom stereocenters. The van der Waals surface area contributed by atoms with E-state index < -0.39 is 6.10 Å². The zero-order chi connectivity index (χ0) is 14.1. The molecule has 0 aliphatic rings. The van der Waals surface area contributed by atoms with Crippen LogP contribution in [-0.2, 0) is 5.41 Å². The number of hydrogen-bond acceptors (Lipinski definition) is 3. The monoisotopic (exact) mass is 249 g/mol. The second-order valence-corrected chi connectivity index (χ2v) is 5.85. The highest BCUT2D eigenvalue weighted by atomic mass is 16.3. The van der Waals surface area contributed by atoms with Gasteiger partial charge in [0.15, 0.2) is 5.78 Å². The van der Waals surface area contributed by atoms with Gasteiger partial charge in [0.25, 0.3) is 0 Å². The van der Waals surface area contributed by atoms with E-state index in [0.717, 1.165) is 11.1 Å². The van der Waals surface area contributed by atoms with Crippen LogP contribution in [0.15, 0.2) is 12.1 Å². The summed E-state index contributed by atoms with van der Waals surface area (Å²) in [6.07, 6.45) is -1.11. The van der Waals surface area contributed by atoms with Gasteiger partial charge in [-0.2, -0.15) is 0 Å². The molecule has 1 aromatic carbocycles. The molecule has 0 aromatic heterocycles. The van der Waals surface area contributed by atoms with Crippen LogP contribution in [0.3, 0.4) is 0 Å². The summed E-state index contributed by atoms with van der Waals surface area (Å²) in [6, 6.07) is 4.03. The maximum Gasteiger partial charge on any atom is 0.193 e. The van der Waals surface area contributed by atoms with Crippen molar-refractivity contribution in [2.75, 3.05) is 6.54 Å². The number of hydrogen-bond donors (Lipinski definition) is 2. The molecule has 100 valence electrons. The average Bonchev–Trinajstić information content (AvgIpc) is 2.25. The Morgan fingerprint density at radius 1 is 1.28 bits per heavy atom. The molecular weight excluding hydrogens is 226 g/mol. The van der Waals surface area contributed by atoms with Gasteiger partial charge in [-0.15, -0.1) is 0 Å². The summed E-state index contributed by atoms with van der Waals surface area (Å²) in [4.78, 5) is 12.0. The summed E-state index contributed by atoms with van der Waals surface area (Å²) in [6.45, 7) is 10.2. The molecular formula is C15H23NO2. The Balaban J connectivity index is 3.30. The number of benzene rings is 1. The maximum absolute atomic E-state index is 12.0. The van der Waals surface area contributed by atoms with E-state index in [1.54, 1.807) is 0 Å². The first-order chi connectivity index (χ1) is 8.18. The van der Waals surface area contributed by atoms with E-state index in [0.29, 0.717) is 5.56 Å². The van der Waals surface area contributed by atoms with Gasteiger partial charge in [0, 0.05) is 12.1 Å². The predicted octanol–water partition coefficient (Wildman–Crippen LogP) is 2.10. The third-order valence-electron chi connectivity index (χ3n) is 3.17. The number of carbonyl (C=O) groups is 1. The molecule has 0 amide bonds. The molecule has 0 fully saturated rings. The van der Waals surface area contributed by atoms with Gasteiger partial charge in [0.1, 0.15) is 6.10 Å². The van der Waals surface area contributed by atoms with Gasteiger partial charge in [-0.05, 0) is 36.0 Å². The molecule has 1 rings (SSSR count). The lowest BCUT2D eigenvalue weighted by Crippen LogP contribution is -2.30. The first kappa shape index (κ1) is 14.9. The first-order valence-corrected chi connectivity index (χ1v) is 6.22. The molecule has 3 nitrogen and oxygen atoms in total. The van der Waals surface area contributed by atoms with Crippen molar-refractivity contribution >= 4 is 5.78 Å². The quantitative estimate of drug-likeness (QED) is 0.806. The Morgan fingerprint density at radius 3 is 2.06 bits per heavy atom. The SMILES string of the molecule is Cc1cc(C(C)(C)C)cc(C)c1C(=O)C(O)CN. The van der Waals surface area contributed by atoms with Crippen molar-refractivity contribution in [3.05, 3.63) is 34.4 Å². The Kier molecular flexibility index (Phi) is 4.30. The lowest BCUT2D eigenvalue weighted by molar-refractivity contribution is 0.0761. The van der Waals surface area contributed by atoms with Crippen LogP contribution in [-0.4, -0.2) is 23.5 Å². The van der Waals surface area contributed by atoms with Crippen molar-refractivity contribution in [2.24, 2.45) is 5.73 Å². The number of nitrogens with two attached hydrogens (primary N) is 1. The Bertz CT molecular complexity index is 435. The van der Waals surface area contributed by atoms with Crippen molar-refractivity contribution in [3.8, 4) is 0 Å². The molecule has 3 heteroatoms. The lowest BCUT2D eigenvalue weighted by atomic mass is 9.83. The molecule has 0 saturated carbocycles. The minimum atomic E-state index is -1.11. The molecule has 0 heterocycles. The molecule has 1 aromatic rings. The van der Waals surface area contributed by atoms with Crippen LogP contribution in [0, 0.1) is 13.8 Å². The fourth-order valence-electron chi connectivity index (χ4n) is 2.06. The Labute approximate surface area is 109 Å². The van der Waals surface area contributed by atoms with Gasteiger partial charge < -0.3 is 10.8 Å². The largest absolute Gasteiger partial charge is 0.384 e. The first-order valence-electron chi connectivity index (χ1n) is 6.22. The lowest BCUT2D eigenvalue weighted by Gasteiger charge is -2.22. The number of carbonyl (C=O) groups excluding carboxylic acids is 1. The maximum atomic E-state index is 12.0. The van der Waals surface area contributed by atoms with E-state index in [9.17, 15) is 9.90 Å². The summed E-state index contributed by atoms with van der Waals surface area (Å²) in [5.74, 6) is -0.284. The molecule has 1 unspecified atom stereocenters. The molecule has 0 aliphatic carbocycles. The fourth-order valence-corrected chi connectivity index (χ4v) is 2.06. The molecule has 18 heavy (non-hydrogen) atoms. The smallest absolute Gasteiger partial charge is 0.193 e. The van der Waals surface area contributed by atoms with Gasteiger partial charge in [0.2, 0.25) is 0 Å². The van der Waals surface area contributed by atoms with Crippen LogP contribution in [0.2, 0.25) is 0 Å². The standard InChI is InChI=1S/C15H23NO2/c1-9-6-11(15(3,4)5)7-10(2)13(9)14(18)12(17)8-16/h6-7,12,17H,8,16H2,1-5H3. The number of Topliss-reactive ketones (excluding diaryl/α,β-unsaturated/α-hetero) is 1. The predicted molar refractivity (Wildman–Crippen MR) is 74.0 cm³/mol. The van der Waals surface area contributed by atoms with Crippen LogP contribution < -0.4 is 5.73 Å². The minimum Gasteiger partial charge on any atom is -0.384 e. The highest BCUT2D eigenvalue weighted by Gasteiger charge is 2.22. The van der Waals surface area contributed by atoms with E-state index in [4.69, 9.17) is 5.73 Å². The Morgan fingerprint density at radius 2 is 1.72 bits per heavy atom. The topological polar surface area (TPSA) is 63.3 Å². The van der Waals surface area contributed by atoms with Gasteiger partial charge in [-0.25, -0.2) is 0 Å². The summed E-state index contributed by atoms with van der Waals surface area (Å²) in [7, 11) is 0. The zero-order valence-electron chi connectivity index (χ0n) is 11.9. The molecule has 0 aliphatic heterocycles. The van der Waals surface area contributed by atoms with Crippen LogP contribution in [0.1, 0.15) is 47.8 Å². The fraction of sp³-hybridized carbons (Fsp3) is 0.533. The highest BCUT2D eigenvalue weighted by molar-refractivity contribution is 6.02. The van der Waals surface area contributed by atoms with E-state index >= 15 is 0 Å². The van der Waals surface area contributed by atoms with Gasteiger partial charge >= 0.3 is 0 Å². The van der Waals surface area contributed by atoms with Crippen molar-refractivity contribution in [1.82, 2.24) is 0 Å². The molecule has 0 saturated heterocycles. The summed E-state index contributed by atoms with van der Waals surface area (Å²) in [5, 5.41) is 9.58. The van der Waals surface area contributed by atoms with Crippen molar-refractivity contribution in [1.29, 1.82) is 0 Å². The Hall–Kier alpha value is -1.19. The minimum absolute atomic E-state index is 0.0429. The van der Waals surface area contributed by atoms with E-state index in [1.807, 2.05) is 26.0 Å². The van der Waals surface area contributed by atoms with E-state index in [1.165, 1.54) is 5.56 Å². The third kappa shape index (κ3) is 2.98.